The highest BCUT2D eigenvalue weighted by Gasteiger charge is 2.15. The molecule has 0 saturated heterocycles. The Kier molecular flexibility index (Phi) is 6.18. The molecular formula is C21H21N3O4. The Bertz CT molecular complexity index is 985. The van der Waals surface area contributed by atoms with E-state index in [4.69, 9.17) is 4.74 Å². The number of ether oxygens (including phenoxy) is 1. The summed E-state index contributed by atoms with van der Waals surface area (Å²) in [6.45, 7) is -0.490. The average molecular weight is 379 g/mol. The molecule has 1 amide bonds. The number of carbonyl (C=O) groups excluding carboxylic acids is 1. The minimum atomic E-state index is -0.547. The number of nitrogens with one attached hydrogen (secondary N) is 1. The number of aliphatic hydroxyl groups is 1. The van der Waals surface area contributed by atoms with Crippen LogP contribution in [0.25, 0.3) is 11.3 Å². The van der Waals surface area contributed by atoms with Crippen LogP contribution >= 0.6 is 0 Å². The van der Waals surface area contributed by atoms with Crippen molar-refractivity contribution in [3.63, 3.8) is 0 Å². The predicted molar refractivity (Wildman–Crippen MR) is 105 cm³/mol. The van der Waals surface area contributed by atoms with Crippen LogP contribution in [0.2, 0.25) is 0 Å². The lowest BCUT2D eigenvalue weighted by Gasteiger charge is -2.17. The number of benzene rings is 2. The highest BCUT2D eigenvalue weighted by Crippen LogP contribution is 2.19. The van der Waals surface area contributed by atoms with Gasteiger partial charge in [-0.25, -0.2) is 4.68 Å². The number of nitrogens with zero attached hydrogens (tertiary/aromatic N) is 2. The van der Waals surface area contributed by atoms with E-state index in [1.807, 2.05) is 42.5 Å². The van der Waals surface area contributed by atoms with Gasteiger partial charge in [-0.15, -0.1) is 0 Å². The summed E-state index contributed by atoms with van der Waals surface area (Å²) in [6.07, 6.45) is 0. The molecule has 2 aromatic carbocycles. The minimum Gasteiger partial charge on any atom is -0.497 e. The van der Waals surface area contributed by atoms with Gasteiger partial charge < -0.3 is 15.2 Å². The smallest absolute Gasteiger partial charge is 0.267 e. The van der Waals surface area contributed by atoms with Crippen molar-refractivity contribution in [1.82, 2.24) is 15.1 Å². The molecule has 0 saturated carbocycles. The normalized spacial score (nSPS) is 11.6. The van der Waals surface area contributed by atoms with Crippen molar-refractivity contribution in [3.8, 4) is 17.0 Å². The average Bonchev–Trinajstić information content (AvgIpc) is 2.74. The van der Waals surface area contributed by atoms with Gasteiger partial charge in [0.15, 0.2) is 0 Å². The molecule has 0 spiro atoms. The van der Waals surface area contributed by atoms with Crippen LogP contribution in [0, 0.1) is 0 Å². The summed E-state index contributed by atoms with van der Waals surface area (Å²) >= 11 is 0. The zero-order valence-electron chi connectivity index (χ0n) is 15.4. The number of rotatable bonds is 7. The van der Waals surface area contributed by atoms with Crippen LogP contribution in [0.4, 0.5) is 0 Å². The van der Waals surface area contributed by atoms with Gasteiger partial charge in [0.2, 0.25) is 5.91 Å². The first-order chi connectivity index (χ1) is 13.6. The van der Waals surface area contributed by atoms with Gasteiger partial charge in [0.05, 0.1) is 25.5 Å². The summed E-state index contributed by atoms with van der Waals surface area (Å²) in [5.74, 6) is 0.303. The van der Waals surface area contributed by atoms with Crippen LogP contribution in [0.15, 0.2) is 71.5 Å². The third-order valence-corrected chi connectivity index (χ3v) is 4.27. The summed E-state index contributed by atoms with van der Waals surface area (Å²) in [7, 11) is 1.58. The standard InChI is InChI=1S/C21H21N3O4/c1-28-17-9-7-16(8-10-17)18-11-12-21(27)24(23-18)13-20(26)22-19(14-25)15-5-3-2-4-6-15/h2-12,19,25H,13-14H2,1H3,(H,22,26)/t19-/m0/s1. The number of methoxy groups -OCH3 is 1. The van der Waals surface area contributed by atoms with Crippen LogP contribution in [0.3, 0.4) is 0 Å². The third kappa shape index (κ3) is 4.63. The van der Waals surface area contributed by atoms with Crippen LogP contribution < -0.4 is 15.6 Å². The maximum absolute atomic E-state index is 12.4. The lowest BCUT2D eigenvalue weighted by molar-refractivity contribution is -0.123. The van der Waals surface area contributed by atoms with E-state index < -0.39 is 11.9 Å². The lowest BCUT2D eigenvalue weighted by Crippen LogP contribution is -2.36. The Labute approximate surface area is 162 Å². The summed E-state index contributed by atoms with van der Waals surface area (Å²) < 4.78 is 6.24. The molecule has 144 valence electrons. The van der Waals surface area contributed by atoms with Crippen LogP contribution in [-0.4, -0.2) is 34.5 Å². The monoisotopic (exact) mass is 379 g/mol. The quantitative estimate of drug-likeness (QED) is 0.653. The Balaban J connectivity index is 1.75. The first kappa shape index (κ1) is 19.3. The van der Waals surface area contributed by atoms with Gasteiger partial charge in [0, 0.05) is 11.6 Å². The van der Waals surface area contributed by atoms with Gasteiger partial charge in [-0.05, 0) is 35.9 Å². The Morgan fingerprint density at radius 2 is 1.82 bits per heavy atom. The first-order valence-corrected chi connectivity index (χ1v) is 8.78. The van der Waals surface area contributed by atoms with Crippen molar-refractivity contribution in [2.45, 2.75) is 12.6 Å². The summed E-state index contributed by atoms with van der Waals surface area (Å²) in [6, 6.07) is 18.8. The maximum atomic E-state index is 12.4. The molecular weight excluding hydrogens is 358 g/mol. The zero-order valence-corrected chi connectivity index (χ0v) is 15.4. The molecule has 0 aliphatic carbocycles. The van der Waals surface area contributed by atoms with E-state index in [2.05, 4.69) is 10.4 Å². The van der Waals surface area contributed by atoms with Gasteiger partial charge in [0.1, 0.15) is 12.3 Å². The molecule has 2 N–H and O–H groups in total. The maximum Gasteiger partial charge on any atom is 0.267 e. The van der Waals surface area contributed by atoms with Crippen molar-refractivity contribution in [3.05, 3.63) is 82.6 Å². The van der Waals surface area contributed by atoms with E-state index in [-0.39, 0.29) is 18.7 Å². The topological polar surface area (TPSA) is 93.5 Å². The van der Waals surface area contributed by atoms with Crippen molar-refractivity contribution in [1.29, 1.82) is 0 Å². The second-order valence-electron chi connectivity index (χ2n) is 6.16. The van der Waals surface area contributed by atoms with Gasteiger partial charge in [-0.3, -0.25) is 9.59 Å². The molecule has 7 nitrogen and oxygen atoms in total. The van der Waals surface area contributed by atoms with Crippen LogP contribution in [0.1, 0.15) is 11.6 Å². The minimum absolute atomic E-state index is 0.244. The zero-order chi connectivity index (χ0) is 19.9. The molecule has 1 aromatic heterocycles. The lowest BCUT2D eigenvalue weighted by atomic mass is 10.1. The number of amides is 1. The Morgan fingerprint density at radius 3 is 2.46 bits per heavy atom. The van der Waals surface area contributed by atoms with E-state index in [0.717, 1.165) is 15.8 Å². The predicted octanol–water partition coefficient (Wildman–Crippen LogP) is 1.77. The number of hydrogen-bond donors (Lipinski definition) is 2. The second-order valence-corrected chi connectivity index (χ2v) is 6.16. The van der Waals surface area contributed by atoms with Gasteiger partial charge >= 0.3 is 0 Å². The fraction of sp³-hybridized carbons (Fsp3) is 0.190. The molecule has 0 bridgehead atoms. The van der Waals surface area contributed by atoms with Crippen LogP contribution in [0.5, 0.6) is 5.75 Å². The number of hydrogen-bond acceptors (Lipinski definition) is 5. The van der Waals surface area contributed by atoms with Crippen molar-refractivity contribution >= 4 is 5.91 Å². The molecule has 1 atom stereocenters. The van der Waals surface area contributed by atoms with E-state index >= 15 is 0 Å². The molecule has 3 rings (SSSR count). The molecule has 3 aromatic rings. The van der Waals surface area contributed by atoms with E-state index in [0.29, 0.717) is 11.4 Å². The summed E-state index contributed by atoms with van der Waals surface area (Å²) in [5.41, 5.74) is 1.77. The highest BCUT2D eigenvalue weighted by atomic mass is 16.5. The Morgan fingerprint density at radius 1 is 1.11 bits per heavy atom. The van der Waals surface area contributed by atoms with E-state index in [1.54, 1.807) is 25.3 Å². The molecule has 0 aliphatic heterocycles. The number of carbonyl (C=O) groups is 1. The fourth-order valence-electron chi connectivity index (χ4n) is 2.77. The van der Waals surface area contributed by atoms with Crippen molar-refractivity contribution < 1.29 is 14.6 Å². The van der Waals surface area contributed by atoms with E-state index in [1.165, 1.54) is 6.07 Å². The van der Waals surface area contributed by atoms with Crippen molar-refractivity contribution in [2.75, 3.05) is 13.7 Å². The van der Waals surface area contributed by atoms with E-state index in [9.17, 15) is 14.7 Å². The fourth-order valence-corrected chi connectivity index (χ4v) is 2.77. The molecule has 0 unspecified atom stereocenters. The Hall–Kier alpha value is -3.45. The molecule has 0 aliphatic rings. The molecule has 0 radical (unpaired) electrons. The van der Waals surface area contributed by atoms with Gasteiger partial charge in [-0.1, -0.05) is 30.3 Å². The molecule has 1 heterocycles. The summed E-state index contributed by atoms with van der Waals surface area (Å²) in [5, 5.41) is 16.6. The third-order valence-electron chi connectivity index (χ3n) is 4.27. The summed E-state index contributed by atoms with van der Waals surface area (Å²) in [4.78, 5) is 24.5. The molecule has 28 heavy (non-hydrogen) atoms. The SMILES string of the molecule is COc1ccc(-c2ccc(=O)n(CC(=O)N[C@@H](CO)c3ccccc3)n2)cc1. The largest absolute Gasteiger partial charge is 0.497 e. The van der Waals surface area contributed by atoms with Gasteiger partial charge in [0.25, 0.3) is 5.56 Å². The molecule has 0 fully saturated rings. The number of aromatic nitrogens is 2. The van der Waals surface area contributed by atoms with Gasteiger partial charge in [-0.2, -0.15) is 5.10 Å². The highest BCUT2D eigenvalue weighted by molar-refractivity contribution is 5.76. The second kappa shape index (κ2) is 8.96. The van der Waals surface area contributed by atoms with Crippen LogP contribution in [-0.2, 0) is 11.3 Å². The molecule has 7 heteroatoms. The van der Waals surface area contributed by atoms with Crippen molar-refractivity contribution in [2.24, 2.45) is 0 Å². The first-order valence-electron chi connectivity index (χ1n) is 8.78. The number of aliphatic hydroxyl groups excluding tert-OH is 1.